The van der Waals surface area contributed by atoms with E-state index in [0.717, 1.165) is 12.6 Å². The number of hydrogen-bond acceptors (Lipinski definition) is 3. The third kappa shape index (κ3) is 2.40. The lowest BCUT2D eigenvalue weighted by Crippen LogP contribution is -2.11. The fourth-order valence-corrected chi connectivity index (χ4v) is 1.80. The number of nitrogens with two attached hydrogens (primary N) is 1. The molecule has 2 rings (SSSR count). The van der Waals surface area contributed by atoms with Gasteiger partial charge in [0, 0.05) is 30.2 Å². The van der Waals surface area contributed by atoms with Gasteiger partial charge in [-0.2, -0.15) is 0 Å². The van der Waals surface area contributed by atoms with Gasteiger partial charge in [0.25, 0.3) is 0 Å². The summed E-state index contributed by atoms with van der Waals surface area (Å²) in [7, 11) is 0. The molecule has 0 saturated heterocycles. The van der Waals surface area contributed by atoms with E-state index in [1.165, 1.54) is 12.1 Å². The minimum absolute atomic E-state index is 0.120. The van der Waals surface area contributed by atoms with E-state index in [4.69, 9.17) is 5.73 Å². The fraction of sp³-hybridized carbons (Fsp3) is 0.231. The Kier molecular flexibility index (Phi) is 3.41. The smallest absolute Gasteiger partial charge is 0.172 e. The van der Waals surface area contributed by atoms with Crippen LogP contribution in [0, 0.1) is 5.82 Å². The molecule has 0 radical (unpaired) electrons. The minimum Gasteiger partial charge on any atom is -0.398 e. The molecule has 2 aromatic rings. The van der Waals surface area contributed by atoms with Gasteiger partial charge in [-0.25, -0.2) is 9.37 Å². The minimum atomic E-state index is -0.466. The Morgan fingerprint density at radius 2 is 2.28 bits per heavy atom. The van der Waals surface area contributed by atoms with E-state index in [1.807, 2.05) is 11.5 Å². The SMILES string of the molecule is CCn1ccnc1CC(=O)c1cc(F)ccc1N. The van der Waals surface area contributed by atoms with E-state index in [1.54, 1.807) is 12.4 Å². The Bertz CT molecular complexity index is 577. The summed E-state index contributed by atoms with van der Waals surface area (Å²) in [5.41, 5.74) is 6.17. The van der Waals surface area contributed by atoms with Crippen molar-refractivity contribution < 1.29 is 9.18 Å². The van der Waals surface area contributed by atoms with Gasteiger partial charge in [-0.3, -0.25) is 4.79 Å². The molecular weight excluding hydrogens is 233 g/mol. The number of Topliss-reactive ketones (excluding diaryl/α,β-unsaturated/α-hetero) is 1. The number of hydrogen-bond donors (Lipinski definition) is 1. The summed E-state index contributed by atoms with van der Waals surface area (Å²) >= 11 is 0. The lowest BCUT2D eigenvalue weighted by Gasteiger charge is -2.06. The van der Waals surface area contributed by atoms with Crippen molar-refractivity contribution in [1.29, 1.82) is 0 Å². The van der Waals surface area contributed by atoms with Crippen molar-refractivity contribution in [1.82, 2.24) is 9.55 Å². The molecule has 0 aliphatic rings. The average Bonchev–Trinajstić information content (AvgIpc) is 2.79. The summed E-state index contributed by atoms with van der Waals surface area (Å²) in [6, 6.07) is 3.80. The summed E-state index contributed by atoms with van der Waals surface area (Å²) in [6.07, 6.45) is 3.56. The monoisotopic (exact) mass is 247 g/mol. The Morgan fingerprint density at radius 3 is 3.00 bits per heavy atom. The van der Waals surface area contributed by atoms with Crippen LogP contribution in [0.3, 0.4) is 0 Å². The van der Waals surface area contributed by atoms with Crippen molar-refractivity contribution in [2.75, 3.05) is 5.73 Å². The molecule has 1 heterocycles. The Morgan fingerprint density at radius 1 is 1.50 bits per heavy atom. The molecule has 0 atom stereocenters. The topological polar surface area (TPSA) is 60.9 Å². The van der Waals surface area contributed by atoms with Crippen LogP contribution in [-0.4, -0.2) is 15.3 Å². The molecule has 5 heteroatoms. The molecule has 0 aliphatic carbocycles. The third-order valence-corrected chi connectivity index (χ3v) is 2.78. The van der Waals surface area contributed by atoms with Gasteiger partial charge in [0.1, 0.15) is 11.6 Å². The molecule has 0 saturated carbocycles. The molecule has 0 fully saturated rings. The molecule has 4 nitrogen and oxygen atoms in total. The zero-order chi connectivity index (χ0) is 13.1. The van der Waals surface area contributed by atoms with Gasteiger partial charge in [-0.05, 0) is 25.1 Å². The van der Waals surface area contributed by atoms with Crippen LogP contribution in [0.15, 0.2) is 30.6 Å². The lowest BCUT2D eigenvalue weighted by molar-refractivity contribution is 0.0990. The summed E-state index contributed by atoms with van der Waals surface area (Å²) in [5, 5.41) is 0. The van der Waals surface area contributed by atoms with E-state index < -0.39 is 5.82 Å². The largest absolute Gasteiger partial charge is 0.398 e. The highest BCUT2D eigenvalue weighted by Gasteiger charge is 2.14. The number of imidazole rings is 1. The maximum Gasteiger partial charge on any atom is 0.172 e. The van der Waals surface area contributed by atoms with E-state index in [-0.39, 0.29) is 23.5 Å². The van der Waals surface area contributed by atoms with Crippen LogP contribution in [-0.2, 0) is 13.0 Å². The van der Waals surface area contributed by atoms with Gasteiger partial charge < -0.3 is 10.3 Å². The van der Waals surface area contributed by atoms with Crippen LogP contribution < -0.4 is 5.73 Å². The van der Waals surface area contributed by atoms with Gasteiger partial charge in [-0.1, -0.05) is 0 Å². The molecule has 1 aromatic carbocycles. The molecule has 0 aliphatic heterocycles. The van der Waals surface area contributed by atoms with Crippen LogP contribution in [0.1, 0.15) is 23.1 Å². The maximum absolute atomic E-state index is 13.1. The van der Waals surface area contributed by atoms with Crippen LogP contribution in [0.2, 0.25) is 0 Å². The number of anilines is 1. The first kappa shape index (κ1) is 12.3. The van der Waals surface area contributed by atoms with Crippen molar-refractivity contribution in [3.63, 3.8) is 0 Å². The second-order valence-electron chi connectivity index (χ2n) is 3.96. The van der Waals surface area contributed by atoms with Gasteiger partial charge in [-0.15, -0.1) is 0 Å². The summed E-state index contributed by atoms with van der Waals surface area (Å²) < 4.78 is 15.0. The van der Waals surface area contributed by atoms with Crippen LogP contribution in [0.25, 0.3) is 0 Å². The lowest BCUT2D eigenvalue weighted by atomic mass is 10.1. The highest BCUT2D eigenvalue weighted by molar-refractivity contribution is 6.01. The molecule has 2 N–H and O–H groups in total. The number of carbonyl (C=O) groups is 1. The summed E-state index contributed by atoms with van der Waals surface area (Å²) in [4.78, 5) is 16.2. The van der Waals surface area contributed by atoms with Gasteiger partial charge in [0.05, 0.1) is 6.42 Å². The second kappa shape index (κ2) is 5.00. The third-order valence-electron chi connectivity index (χ3n) is 2.78. The highest BCUT2D eigenvalue weighted by Crippen LogP contribution is 2.16. The van der Waals surface area contributed by atoms with E-state index >= 15 is 0 Å². The van der Waals surface area contributed by atoms with Gasteiger partial charge in [0.2, 0.25) is 0 Å². The number of carbonyl (C=O) groups excluding carboxylic acids is 1. The standard InChI is InChI=1S/C13H14FN3O/c1-2-17-6-5-16-13(17)8-12(18)10-7-9(14)3-4-11(10)15/h3-7H,2,8,15H2,1H3. The van der Waals surface area contributed by atoms with Gasteiger partial charge in [0.15, 0.2) is 5.78 Å². The molecule has 0 spiro atoms. The van der Waals surface area contributed by atoms with Gasteiger partial charge >= 0.3 is 0 Å². The molecular formula is C13H14FN3O. The van der Waals surface area contributed by atoms with E-state index in [9.17, 15) is 9.18 Å². The number of aryl methyl sites for hydroxylation is 1. The predicted molar refractivity (Wildman–Crippen MR) is 66.7 cm³/mol. The highest BCUT2D eigenvalue weighted by atomic mass is 19.1. The molecule has 0 bridgehead atoms. The average molecular weight is 247 g/mol. The second-order valence-corrected chi connectivity index (χ2v) is 3.96. The first-order chi connectivity index (χ1) is 8.61. The van der Waals surface area contributed by atoms with Crippen LogP contribution in [0.5, 0.6) is 0 Å². The van der Waals surface area contributed by atoms with Crippen LogP contribution >= 0.6 is 0 Å². The Labute approximate surface area is 104 Å². The molecule has 18 heavy (non-hydrogen) atoms. The number of nitrogens with zero attached hydrogens (tertiary/aromatic N) is 2. The van der Waals surface area contributed by atoms with Crippen molar-refractivity contribution in [2.24, 2.45) is 0 Å². The number of aromatic nitrogens is 2. The first-order valence-corrected chi connectivity index (χ1v) is 5.70. The van der Waals surface area contributed by atoms with E-state index in [2.05, 4.69) is 4.98 Å². The van der Waals surface area contributed by atoms with Crippen molar-refractivity contribution >= 4 is 11.5 Å². The zero-order valence-corrected chi connectivity index (χ0v) is 10.1. The predicted octanol–water partition coefficient (Wildman–Crippen LogP) is 2.05. The quantitative estimate of drug-likeness (QED) is 0.664. The number of rotatable bonds is 4. The zero-order valence-electron chi connectivity index (χ0n) is 10.1. The molecule has 0 amide bonds. The summed E-state index contributed by atoms with van der Waals surface area (Å²) in [6.45, 7) is 2.70. The van der Waals surface area contributed by atoms with Crippen molar-refractivity contribution in [3.8, 4) is 0 Å². The Hall–Kier alpha value is -2.17. The van der Waals surface area contributed by atoms with Crippen LogP contribution in [0.4, 0.5) is 10.1 Å². The molecule has 0 unspecified atom stereocenters. The summed E-state index contributed by atoms with van der Waals surface area (Å²) in [5.74, 6) is -0.0366. The number of benzene rings is 1. The normalized spacial score (nSPS) is 10.6. The van der Waals surface area contributed by atoms with Crippen molar-refractivity contribution in [2.45, 2.75) is 19.9 Å². The molecule has 1 aromatic heterocycles. The molecule has 94 valence electrons. The maximum atomic E-state index is 13.1. The fourth-order valence-electron chi connectivity index (χ4n) is 1.80. The first-order valence-electron chi connectivity index (χ1n) is 5.70. The van der Waals surface area contributed by atoms with E-state index in [0.29, 0.717) is 5.82 Å². The number of nitrogen functional groups attached to an aromatic ring is 1. The number of ketones is 1. The van der Waals surface area contributed by atoms with Crippen molar-refractivity contribution in [3.05, 3.63) is 47.8 Å². The Balaban J connectivity index is 2.25. The number of halogens is 1.